The Kier molecular flexibility index (Phi) is 6.12. The van der Waals surface area contributed by atoms with Crippen molar-refractivity contribution in [3.63, 3.8) is 0 Å². The van der Waals surface area contributed by atoms with Crippen molar-refractivity contribution in [2.45, 2.75) is 6.42 Å². The van der Waals surface area contributed by atoms with Gasteiger partial charge in [0.1, 0.15) is 0 Å². The van der Waals surface area contributed by atoms with Gasteiger partial charge in [0.15, 0.2) is 0 Å². The van der Waals surface area contributed by atoms with E-state index in [0.717, 1.165) is 12.1 Å². The van der Waals surface area contributed by atoms with Crippen molar-refractivity contribution in [2.24, 2.45) is 0 Å². The molecule has 76 valence electrons. The first-order chi connectivity index (χ1) is 6.39. The SMILES string of the molecule is O=C(O)Cc1cccc([B-](F)(F)F)c1.[K+]. The number of rotatable bonds is 3. The first-order valence-electron chi connectivity index (χ1n) is 3.90. The molecule has 0 spiro atoms. The summed E-state index contributed by atoms with van der Waals surface area (Å²) in [4.78, 5) is 10.3. The molecule has 7 heteroatoms. The standard InChI is InChI=1S/C8H7BF3O2.K/c10-9(11,12)7-3-1-2-6(4-7)5-8(13)14;/h1-4H,5H2,(H,13,14);/q-1;+1. The van der Waals surface area contributed by atoms with Crippen molar-refractivity contribution >= 4 is 18.4 Å². The molecule has 15 heavy (non-hydrogen) atoms. The Hall–Kier alpha value is 0.181. The van der Waals surface area contributed by atoms with Crippen LogP contribution in [0.25, 0.3) is 0 Å². The zero-order valence-corrected chi connectivity index (χ0v) is 11.2. The van der Waals surface area contributed by atoms with E-state index in [-0.39, 0.29) is 63.4 Å². The second-order valence-corrected chi connectivity index (χ2v) is 2.89. The second-order valence-electron chi connectivity index (χ2n) is 2.89. The number of halogens is 3. The molecule has 0 aromatic heterocycles. The summed E-state index contributed by atoms with van der Waals surface area (Å²) in [5.41, 5.74) is -0.599. The normalized spacial score (nSPS) is 10.6. The maximum atomic E-state index is 12.2. The fourth-order valence-electron chi connectivity index (χ4n) is 1.08. The zero-order chi connectivity index (χ0) is 10.8. The summed E-state index contributed by atoms with van der Waals surface area (Å²) in [6.45, 7) is -5.05. The van der Waals surface area contributed by atoms with Crippen molar-refractivity contribution in [1.29, 1.82) is 0 Å². The minimum absolute atomic E-state index is 0. The molecule has 0 aliphatic heterocycles. The van der Waals surface area contributed by atoms with E-state index in [1.165, 1.54) is 12.1 Å². The van der Waals surface area contributed by atoms with Gasteiger partial charge in [-0.2, -0.15) is 0 Å². The summed E-state index contributed by atoms with van der Waals surface area (Å²) in [5, 5.41) is 8.38. The molecule has 1 rings (SSSR count). The molecule has 0 saturated carbocycles. The quantitative estimate of drug-likeness (QED) is 0.646. The number of hydrogen-bond donors (Lipinski definition) is 1. The van der Waals surface area contributed by atoms with E-state index >= 15 is 0 Å². The fraction of sp³-hybridized carbons (Fsp3) is 0.125. The van der Waals surface area contributed by atoms with Crippen LogP contribution in [-0.4, -0.2) is 18.1 Å². The van der Waals surface area contributed by atoms with Crippen molar-refractivity contribution < 1.29 is 74.2 Å². The molecule has 0 heterocycles. The molecule has 1 aromatic carbocycles. The molecule has 0 atom stereocenters. The van der Waals surface area contributed by atoms with Crippen LogP contribution in [0, 0.1) is 0 Å². The Morgan fingerprint density at radius 1 is 1.33 bits per heavy atom. The first kappa shape index (κ1) is 15.2. The van der Waals surface area contributed by atoms with Gasteiger partial charge in [0.25, 0.3) is 0 Å². The molecule has 0 radical (unpaired) electrons. The number of carboxylic acids is 1. The molecule has 0 unspecified atom stereocenters. The Balaban J connectivity index is 0.00000196. The molecule has 0 fully saturated rings. The van der Waals surface area contributed by atoms with Gasteiger partial charge in [0.05, 0.1) is 6.42 Å². The van der Waals surface area contributed by atoms with Crippen LogP contribution in [0.15, 0.2) is 24.3 Å². The van der Waals surface area contributed by atoms with E-state index in [1.807, 2.05) is 0 Å². The van der Waals surface area contributed by atoms with Crippen LogP contribution in [-0.2, 0) is 11.2 Å². The van der Waals surface area contributed by atoms with Gasteiger partial charge in [-0.1, -0.05) is 24.3 Å². The van der Waals surface area contributed by atoms with Crippen LogP contribution in [0.5, 0.6) is 0 Å². The molecular formula is C8H7BF3KO2. The maximum Gasteiger partial charge on any atom is 1.00 e. The maximum absolute atomic E-state index is 12.2. The molecule has 2 nitrogen and oxygen atoms in total. The predicted molar refractivity (Wildman–Crippen MR) is 46.5 cm³/mol. The largest absolute Gasteiger partial charge is 1.00 e. The first-order valence-corrected chi connectivity index (χ1v) is 3.90. The molecule has 0 saturated heterocycles. The molecule has 0 aliphatic carbocycles. The van der Waals surface area contributed by atoms with Crippen LogP contribution < -0.4 is 56.8 Å². The summed E-state index contributed by atoms with van der Waals surface area (Å²) in [6, 6.07) is 4.38. The van der Waals surface area contributed by atoms with Gasteiger partial charge in [0.2, 0.25) is 0 Å². The summed E-state index contributed by atoms with van der Waals surface area (Å²) in [7, 11) is 0. The van der Waals surface area contributed by atoms with Crippen LogP contribution in [0.1, 0.15) is 5.56 Å². The van der Waals surface area contributed by atoms with E-state index in [0.29, 0.717) is 0 Å². The predicted octanol–water partition coefficient (Wildman–Crippen LogP) is -1.63. The molecular weight excluding hydrogens is 235 g/mol. The molecule has 1 aromatic rings. The van der Waals surface area contributed by atoms with Crippen molar-refractivity contribution in [3.8, 4) is 0 Å². The molecule has 0 aliphatic rings. The third-order valence-electron chi connectivity index (χ3n) is 1.68. The van der Waals surface area contributed by atoms with Crippen molar-refractivity contribution in [1.82, 2.24) is 0 Å². The summed E-state index contributed by atoms with van der Waals surface area (Å²) in [5.74, 6) is -1.14. The third kappa shape index (κ3) is 5.17. The molecule has 0 bridgehead atoms. The number of benzene rings is 1. The Morgan fingerprint density at radius 3 is 2.40 bits per heavy atom. The van der Waals surface area contributed by atoms with Crippen LogP contribution in [0.4, 0.5) is 12.9 Å². The number of aliphatic carboxylic acids is 1. The third-order valence-corrected chi connectivity index (χ3v) is 1.68. The van der Waals surface area contributed by atoms with E-state index < -0.39 is 18.4 Å². The van der Waals surface area contributed by atoms with E-state index in [4.69, 9.17) is 5.11 Å². The topological polar surface area (TPSA) is 37.3 Å². The fourth-order valence-corrected chi connectivity index (χ4v) is 1.08. The minimum Gasteiger partial charge on any atom is -0.481 e. The average Bonchev–Trinajstić information content (AvgIpc) is 2.01. The van der Waals surface area contributed by atoms with Gasteiger partial charge < -0.3 is 18.1 Å². The van der Waals surface area contributed by atoms with Gasteiger partial charge in [-0.15, -0.1) is 5.46 Å². The van der Waals surface area contributed by atoms with Gasteiger partial charge in [-0.3, -0.25) is 4.79 Å². The van der Waals surface area contributed by atoms with Gasteiger partial charge in [-0.05, 0) is 5.56 Å². The number of hydrogen-bond acceptors (Lipinski definition) is 1. The van der Waals surface area contributed by atoms with Crippen LogP contribution >= 0.6 is 0 Å². The van der Waals surface area contributed by atoms with E-state index in [9.17, 15) is 17.7 Å². The second kappa shape index (κ2) is 6.05. The van der Waals surface area contributed by atoms with Crippen LogP contribution in [0.3, 0.4) is 0 Å². The van der Waals surface area contributed by atoms with Gasteiger partial charge in [-0.25, -0.2) is 0 Å². The Labute approximate surface area is 127 Å². The average molecular weight is 242 g/mol. The van der Waals surface area contributed by atoms with E-state index in [1.54, 1.807) is 0 Å². The van der Waals surface area contributed by atoms with Crippen molar-refractivity contribution in [2.75, 3.05) is 0 Å². The smallest absolute Gasteiger partial charge is 0.481 e. The van der Waals surface area contributed by atoms with Gasteiger partial charge >= 0.3 is 64.3 Å². The number of carbonyl (C=O) groups is 1. The summed E-state index contributed by atoms with van der Waals surface area (Å²) < 4.78 is 36.7. The number of carboxylic acid groups (broad SMARTS) is 1. The Bertz CT molecular complexity index is 354. The summed E-state index contributed by atoms with van der Waals surface area (Å²) in [6.07, 6.45) is -0.389. The monoisotopic (exact) mass is 242 g/mol. The van der Waals surface area contributed by atoms with Crippen molar-refractivity contribution in [3.05, 3.63) is 29.8 Å². The summed E-state index contributed by atoms with van der Waals surface area (Å²) >= 11 is 0. The zero-order valence-electron chi connectivity index (χ0n) is 8.08. The van der Waals surface area contributed by atoms with Gasteiger partial charge in [0, 0.05) is 0 Å². The minimum atomic E-state index is -5.05. The van der Waals surface area contributed by atoms with E-state index in [2.05, 4.69) is 0 Å². The van der Waals surface area contributed by atoms with Crippen LogP contribution in [0.2, 0.25) is 0 Å². The molecule has 0 amide bonds. The Morgan fingerprint density at radius 2 is 1.93 bits per heavy atom. The molecule has 1 N–H and O–H groups in total.